The smallest absolute Gasteiger partial charge is 0.217 e. The molecule has 0 atom stereocenters. The second kappa shape index (κ2) is 7.47. The second-order valence-electron chi connectivity index (χ2n) is 3.93. The minimum Gasteiger partial charge on any atom is -0.370 e. The van der Waals surface area contributed by atoms with Crippen molar-refractivity contribution < 1.29 is 4.79 Å². The molecule has 1 aromatic heterocycles. The van der Waals surface area contributed by atoms with Gasteiger partial charge in [0, 0.05) is 25.1 Å². The van der Waals surface area contributed by atoms with Crippen LogP contribution in [0.5, 0.6) is 0 Å². The molecule has 4 N–H and O–H groups in total. The lowest BCUT2D eigenvalue weighted by Gasteiger charge is -2.13. The molecule has 6 nitrogen and oxygen atoms in total. The summed E-state index contributed by atoms with van der Waals surface area (Å²) in [6.07, 6.45) is 3.48. The number of anilines is 2. The molecule has 1 aromatic rings. The van der Waals surface area contributed by atoms with Crippen LogP contribution < -0.4 is 16.4 Å². The second-order valence-corrected chi connectivity index (χ2v) is 3.93. The molecular formula is C12H21N5O. The Morgan fingerprint density at radius 1 is 1.28 bits per heavy atom. The Hall–Kier alpha value is -1.85. The lowest BCUT2D eigenvalue weighted by atomic mass is 10.2. The highest BCUT2D eigenvalue weighted by Crippen LogP contribution is 2.20. The van der Waals surface area contributed by atoms with E-state index in [4.69, 9.17) is 5.73 Å². The number of nitrogens with zero attached hydrogens (tertiary/aromatic N) is 2. The van der Waals surface area contributed by atoms with E-state index in [1.807, 2.05) is 6.92 Å². The molecule has 0 saturated heterocycles. The maximum Gasteiger partial charge on any atom is 0.217 e. The molecule has 0 spiro atoms. The third-order valence-electron chi connectivity index (χ3n) is 2.54. The highest BCUT2D eigenvalue weighted by molar-refractivity contribution is 5.73. The Balaban J connectivity index is 2.63. The minimum absolute atomic E-state index is 0.274. The lowest BCUT2D eigenvalue weighted by Crippen LogP contribution is -2.14. The van der Waals surface area contributed by atoms with Gasteiger partial charge in [-0.2, -0.15) is 0 Å². The van der Waals surface area contributed by atoms with E-state index in [-0.39, 0.29) is 5.91 Å². The van der Waals surface area contributed by atoms with E-state index < -0.39 is 0 Å². The van der Waals surface area contributed by atoms with Crippen molar-refractivity contribution in [3.05, 3.63) is 11.9 Å². The van der Waals surface area contributed by atoms with E-state index in [2.05, 4.69) is 27.5 Å². The van der Waals surface area contributed by atoms with Gasteiger partial charge < -0.3 is 16.4 Å². The number of nitrogens with two attached hydrogens (primary N) is 1. The quantitative estimate of drug-likeness (QED) is 0.603. The SMILES string of the molecule is CCNc1ncnc(NCCCC(N)=O)c1CC. The van der Waals surface area contributed by atoms with Crippen molar-refractivity contribution >= 4 is 17.5 Å². The van der Waals surface area contributed by atoms with Crippen molar-refractivity contribution in [3.8, 4) is 0 Å². The normalized spacial score (nSPS) is 10.1. The molecular weight excluding hydrogens is 230 g/mol. The maximum absolute atomic E-state index is 10.6. The fourth-order valence-electron chi connectivity index (χ4n) is 1.69. The zero-order valence-corrected chi connectivity index (χ0v) is 11.0. The maximum atomic E-state index is 10.6. The van der Waals surface area contributed by atoms with Crippen LogP contribution in [0.4, 0.5) is 11.6 Å². The molecule has 0 fully saturated rings. The summed E-state index contributed by atoms with van der Waals surface area (Å²) >= 11 is 0. The monoisotopic (exact) mass is 251 g/mol. The molecule has 0 unspecified atom stereocenters. The van der Waals surface area contributed by atoms with Gasteiger partial charge >= 0.3 is 0 Å². The summed E-state index contributed by atoms with van der Waals surface area (Å²) in [6.45, 7) is 5.60. The van der Waals surface area contributed by atoms with Gasteiger partial charge in [0.25, 0.3) is 0 Å². The van der Waals surface area contributed by atoms with Crippen LogP contribution in [0.25, 0.3) is 0 Å². The van der Waals surface area contributed by atoms with Crippen LogP contribution in [-0.4, -0.2) is 29.0 Å². The van der Waals surface area contributed by atoms with Crippen molar-refractivity contribution in [3.63, 3.8) is 0 Å². The third-order valence-corrected chi connectivity index (χ3v) is 2.54. The van der Waals surface area contributed by atoms with Gasteiger partial charge in [0.15, 0.2) is 0 Å². The van der Waals surface area contributed by atoms with Crippen molar-refractivity contribution in [2.75, 3.05) is 23.7 Å². The van der Waals surface area contributed by atoms with E-state index in [0.29, 0.717) is 19.4 Å². The molecule has 0 saturated carbocycles. The first-order valence-corrected chi connectivity index (χ1v) is 6.28. The molecule has 0 aliphatic heterocycles. The molecule has 100 valence electrons. The molecule has 1 heterocycles. The molecule has 18 heavy (non-hydrogen) atoms. The van der Waals surface area contributed by atoms with E-state index in [9.17, 15) is 4.79 Å². The van der Waals surface area contributed by atoms with Gasteiger partial charge in [0.05, 0.1) is 0 Å². The Labute approximate surface area is 107 Å². The van der Waals surface area contributed by atoms with Gasteiger partial charge in [0.1, 0.15) is 18.0 Å². The first kappa shape index (κ1) is 14.2. The van der Waals surface area contributed by atoms with E-state index >= 15 is 0 Å². The topological polar surface area (TPSA) is 92.9 Å². The van der Waals surface area contributed by atoms with Crippen molar-refractivity contribution in [1.29, 1.82) is 0 Å². The van der Waals surface area contributed by atoms with E-state index in [1.165, 1.54) is 6.33 Å². The number of carbonyl (C=O) groups is 1. The van der Waals surface area contributed by atoms with Gasteiger partial charge in [0.2, 0.25) is 5.91 Å². The molecule has 0 bridgehead atoms. The van der Waals surface area contributed by atoms with E-state index in [1.54, 1.807) is 0 Å². The average Bonchev–Trinajstić information content (AvgIpc) is 2.35. The number of nitrogens with one attached hydrogen (secondary N) is 2. The Morgan fingerprint density at radius 3 is 2.50 bits per heavy atom. The highest BCUT2D eigenvalue weighted by atomic mass is 16.1. The summed E-state index contributed by atoms with van der Waals surface area (Å²) in [6, 6.07) is 0. The zero-order valence-electron chi connectivity index (χ0n) is 11.0. The molecule has 6 heteroatoms. The van der Waals surface area contributed by atoms with Crippen LogP contribution in [0.3, 0.4) is 0 Å². The minimum atomic E-state index is -0.274. The zero-order chi connectivity index (χ0) is 13.4. The largest absolute Gasteiger partial charge is 0.370 e. The number of hydrogen-bond acceptors (Lipinski definition) is 5. The predicted octanol–water partition coefficient (Wildman–Crippen LogP) is 1.15. The fourth-order valence-corrected chi connectivity index (χ4v) is 1.69. The Morgan fingerprint density at radius 2 is 1.94 bits per heavy atom. The number of aromatic nitrogens is 2. The van der Waals surface area contributed by atoms with E-state index in [0.717, 1.165) is 30.2 Å². The van der Waals surface area contributed by atoms with Crippen molar-refractivity contribution in [1.82, 2.24) is 9.97 Å². The van der Waals surface area contributed by atoms with Gasteiger partial charge in [-0.15, -0.1) is 0 Å². The van der Waals surface area contributed by atoms with Crippen LogP contribution in [-0.2, 0) is 11.2 Å². The number of rotatable bonds is 8. The predicted molar refractivity (Wildman–Crippen MR) is 72.5 cm³/mol. The molecule has 1 rings (SSSR count). The summed E-state index contributed by atoms with van der Waals surface area (Å²) < 4.78 is 0. The van der Waals surface area contributed by atoms with Crippen LogP contribution in [0, 0.1) is 0 Å². The first-order chi connectivity index (χ1) is 8.69. The van der Waals surface area contributed by atoms with Gasteiger partial charge in [-0.05, 0) is 19.8 Å². The fraction of sp³-hybridized carbons (Fsp3) is 0.583. The lowest BCUT2D eigenvalue weighted by molar-refractivity contribution is -0.118. The Kier molecular flexibility index (Phi) is 5.90. The summed E-state index contributed by atoms with van der Waals surface area (Å²) in [5.74, 6) is 1.42. The first-order valence-electron chi connectivity index (χ1n) is 6.28. The summed E-state index contributed by atoms with van der Waals surface area (Å²) in [7, 11) is 0. The molecule has 1 amide bonds. The molecule has 0 aliphatic rings. The molecule has 0 radical (unpaired) electrons. The highest BCUT2D eigenvalue weighted by Gasteiger charge is 2.08. The average molecular weight is 251 g/mol. The van der Waals surface area contributed by atoms with Crippen LogP contribution >= 0.6 is 0 Å². The molecule has 0 aliphatic carbocycles. The summed E-state index contributed by atoms with van der Waals surface area (Å²) in [5, 5.41) is 6.43. The van der Waals surface area contributed by atoms with Crippen LogP contribution in [0.15, 0.2) is 6.33 Å². The van der Waals surface area contributed by atoms with Crippen molar-refractivity contribution in [2.24, 2.45) is 5.73 Å². The number of primary amides is 1. The Bertz CT molecular complexity index is 394. The van der Waals surface area contributed by atoms with Gasteiger partial charge in [-0.1, -0.05) is 6.92 Å². The number of hydrogen-bond donors (Lipinski definition) is 3. The van der Waals surface area contributed by atoms with Crippen molar-refractivity contribution in [2.45, 2.75) is 33.1 Å². The van der Waals surface area contributed by atoms with Gasteiger partial charge in [-0.25, -0.2) is 9.97 Å². The number of carbonyl (C=O) groups excluding carboxylic acids is 1. The third kappa shape index (κ3) is 4.20. The van der Waals surface area contributed by atoms with Gasteiger partial charge in [-0.3, -0.25) is 4.79 Å². The standard InChI is InChI=1S/C12H21N5O/c1-3-9-11(14-4-2)16-8-17-12(9)15-7-5-6-10(13)18/h8H,3-7H2,1-2H3,(H2,13,18)(H2,14,15,16,17). The summed E-state index contributed by atoms with van der Waals surface area (Å²) in [4.78, 5) is 19.1. The molecule has 0 aromatic carbocycles. The van der Waals surface area contributed by atoms with Crippen LogP contribution in [0.1, 0.15) is 32.3 Å². The summed E-state index contributed by atoms with van der Waals surface area (Å²) in [5.41, 5.74) is 6.16. The van der Waals surface area contributed by atoms with Crippen LogP contribution in [0.2, 0.25) is 0 Å². The number of amides is 1.